The van der Waals surface area contributed by atoms with E-state index in [2.05, 4.69) is 29.9 Å². The van der Waals surface area contributed by atoms with Crippen LogP contribution < -0.4 is 21.7 Å². The summed E-state index contributed by atoms with van der Waals surface area (Å²) in [5, 5.41) is 39.9. The average molecular weight is 995 g/mol. The zero-order valence-electron chi connectivity index (χ0n) is 41.0. The third-order valence-corrected chi connectivity index (χ3v) is 15.2. The number of nitrogens with two attached hydrogens (primary N) is 1. The lowest BCUT2D eigenvalue weighted by atomic mass is 9.83. The van der Waals surface area contributed by atoms with Gasteiger partial charge in [0.25, 0.3) is 0 Å². The number of amides is 6. The van der Waals surface area contributed by atoms with Crippen molar-refractivity contribution in [3.8, 4) is 0 Å². The number of Topliss-reactive ketones (excluding diaryl/α,β-unsaturated/α-hetero) is 2. The van der Waals surface area contributed by atoms with Crippen molar-refractivity contribution in [2.75, 3.05) is 38.3 Å². The molecule has 17 nitrogen and oxygen atoms in total. The summed E-state index contributed by atoms with van der Waals surface area (Å²) in [5.41, 5.74) is 5.92. The highest BCUT2D eigenvalue weighted by molar-refractivity contribution is 7.99. The van der Waals surface area contributed by atoms with E-state index in [0.29, 0.717) is 61.3 Å². The number of nitrogens with zero attached hydrogens (tertiary/aromatic N) is 2. The van der Waals surface area contributed by atoms with Crippen LogP contribution in [0.15, 0.2) is 24.3 Å². The third-order valence-electron chi connectivity index (χ3n) is 14.0. The molecule has 3 heterocycles. The summed E-state index contributed by atoms with van der Waals surface area (Å²) in [6.45, 7) is 11.1. The van der Waals surface area contributed by atoms with E-state index in [9.17, 15) is 48.9 Å². The van der Waals surface area contributed by atoms with Crippen molar-refractivity contribution >= 4 is 70.3 Å². The Balaban J connectivity index is 1.40. The van der Waals surface area contributed by atoms with Gasteiger partial charge in [-0.1, -0.05) is 52.7 Å². The van der Waals surface area contributed by atoms with Crippen LogP contribution in [0.1, 0.15) is 117 Å². The summed E-state index contributed by atoms with van der Waals surface area (Å²) in [6, 6.07) is 5.49. The standard InChI is InChI=1S/C49H77ClN6O11S/c1-8-13-32-23-36(37(57)25-35(30(5)50)45-43(62)42(61)44(63)48(67-45)68-7)56(6,27-32)26-31-16-18-34(19-17-31)53-46(64)33(14-12-20-52-49(51)66)24-38(58)41(28(2)3)54-39(59)15-10-9-11-21-55-40(60)22-29(4)47(55)65/h16-19,28-30,32-33,35-36,41-45,48,61-63H,8-15,20-27H2,1-7H3,(H4-,51,52,53,54,59,64,66)/p+1/t29?,30-,32+,33+,35+,36-,41-,42-,43+,44+,45+,48+,56?/m0/s1. The fourth-order valence-corrected chi connectivity index (χ4v) is 11.2. The first-order valence-electron chi connectivity index (χ1n) is 24.4. The van der Waals surface area contributed by atoms with Gasteiger partial charge in [-0.3, -0.25) is 33.7 Å². The number of quaternary nitrogens is 1. The number of nitrogens with one attached hydrogen (secondary N) is 3. The number of imide groups is 1. The van der Waals surface area contributed by atoms with Crippen LogP contribution in [-0.2, 0) is 40.0 Å². The van der Waals surface area contributed by atoms with Crippen LogP contribution in [0.5, 0.6) is 0 Å². The highest BCUT2D eigenvalue weighted by Crippen LogP contribution is 2.39. The molecule has 0 bridgehead atoms. The number of ketones is 2. The van der Waals surface area contributed by atoms with Gasteiger partial charge in [-0.15, -0.1) is 23.4 Å². The highest BCUT2D eigenvalue weighted by Gasteiger charge is 2.51. The number of likely N-dealkylation sites (tertiary alicyclic amines) is 2. The van der Waals surface area contributed by atoms with Crippen molar-refractivity contribution in [2.45, 2.75) is 166 Å². The predicted molar refractivity (Wildman–Crippen MR) is 261 cm³/mol. The molecule has 0 aromatic heterocycles. The van der Waals surface area contributed by atoms with Crippen LogP contribution in [-0.4, -0.2) is 146 Å². The smallest absolute Gasteiger partial charge is 0.312 e. The first-order chi connectivity index (χ1) is 32.1. The Bertz CT molecular complexity index is 1890. The maximum atomic E-state index is 14.4. The number of aliphatic hydroxyl groups is 3. The molecule has 3 aliphatic rings. The summed E-state index contributed by atoms with van der Waals surface area (Å²) < 4.78 is 6.51. The van der Waals surface area contributed by atoms with E-state index >= 15 is 0 Å². The number of alkyl halides is 1. The van der Waals surface area contributed by atoms with Gasteiger partial charge < -0.3 is 46.2 Å². The number of anilines is 1. The predicted octanol–water partition coefficient (Wildman–Crippen LogP) is 4.25. The number of unbranched alkanes of at least 4 members (excludes halogenated alkanes) is 2. The van der Waals surface area contributed by atoms with E-state index in [1.54, 1.807) is 32.2 Å². The molecule has 1 aromatic rings. The van der Waals surface area contributed by atoms with Crippen molar-refractivity contribution in [2.24, 2.45) is 35.3 Å². The average Bonchev–Trinajstić information content (AvgIpc) is 3.73. The van der Waals surface area contributed by atoms with Gasteiger partial charge in [-0.2, -0.15) is 0 Å². The number of rotatable bonds is 27. The van der Waals surface area contributed by atoms with Crippen LogP contribution in [0, 0.1) is 29.6 Å². The molecular formula is C49H78ClN6O11S+. The van der Waals surface area contributed by atoms with Crippen molar-refractivity contribution in [1.82, 2.24) is 15.5 Å². The maximum absolute atomic E-state index is 14.4. The summed E-state index contributed by atoms with van der Waals surface area (Å²) in [7, 11) is 2.08. The molecule has 3 fully saturated rings. The Hall–Kier alpha value is -3.65. The molecule has 1 aromatic carbocycles. The molecule has 2 unspecified atom stereocenters. The summed E-state index contributed by atoms with van der Waals surface area (Å²) >= 11 is 7.89. The number of hydrogen-bond acceptors (Lipinski definition) is 12. The molecule has 8 N–H and O–H groups in total. The Morgan fingerprint density at radius 2 is 1.68 bits per heavy atom. The van der Waals surface area contributed by atoms with E-state index in [4.69, 9.17) is 22.1 Å². The molecule has 6 amide bonds. The van der Waals surface area contributed by atoms with Crippen molar-refractivity contribution in [1.29, 1.82) is 0 Å². The highest BCUT2D eigenvalue weighted by atomic mass is 35.5. The molecule has 0 saturated carbocycles. The number of halogens is 1. The fourth-order valence-electron chi connectivity index (χ4n) is 10.3. The second kappa shape index (κ2) is 26.5. The van der Waals surface area contributed by atoms with Crippen LogP contribution in [0.3, 0.4) is 0 Å². The van der Waals surface area contributed by atoms with Crippen molar-refractivity contribution < 1.29 is 58.1 Å². The molecule has 0 aliphatic carbocycles. The molecule has 382 valence electrons. The van der Waals surface area contributed by atoms with Crippen LogP contribution in [0.4, 0.5) is 10.5 Å². The summed E-state index contributed by atoms with van der Waals surface area (Å²) in [4.78, 5) is 92.1. The number of urea groups is 1. The summed E-state index contributed by atoms with van der Waals surface area (Å²) in [6.07, 6.45) is 1.84. The Morgan fingerprint density at radius 1 is 0.985 bits per heavy atom. The molecule has 19 heteroatoms. The monoisotopic (exact) mass is 994 g/mol. The van der Waals surface area contributed by atoms with Gasteiger partial charge in [0.1, 0.15) is 36.3 Å². The van der Waals surface area contributed by atoms with Crippen molar-refractivity contribution in [3.63, 3.8) is 0 Å². The van der Waals surface area contributed by atoms with Gasteiger partial charge in [0.05, 0.1) is 25.7 Å². The molecule has 0 radical (unpaired) electrons. The first-order valence-corrected chi connectivity index (χ1v) is 26.2. The molecule has 3 aliphatic heterocycles. The normalized spacial score (nSPS) is 28.0. The molecule has 3 saturated heterocycles. The van der Waals surface area contributed by atoms with Gasteiger partial charge in [-0.25, -0.2) is 4.79 Å². The molecular weight excluding hydrogens is 916 g/mol. The van der Waals surface area contributed by atoms with Gasteiger partial charge in [-0.05, 0) is 63.3 Å². The van der Waals surface area contributed by atoms with Crippen LogP contribution in [0.25, 0.3) is 0 Å². The van der Waals surface area contributed by atoms with E-state index in [-0.39, 0.29) is 85.8 Å². The minimum Gasteiger partial charge on any atom is -0.388 e. The van der Waals surface area contributed by atoms with Crippen molar-refractivity contribution in [3.05, 3.63) is 29.8 Å². The third kappa shape index (κ3) is 15.7. The Labute approximate surface area is 411 Å². The number of carbonyl (C=O) groups excluding carboxylic acids is 7. The van der Waals surface area contributed by atoms with Crippen LogP contribution in [0.2, 0.25) is 0 Å². The van der Waals surface area contributed by atoms with Gasteiger partial charge >= 0.3 is 6.03 Å². The minimum atomic E-state index is -1.45. The van der Waals surface area contributed by atoms with E-state index in [1.165, 1.54) is 16.7 Å². The second-order valence-corrected chi connectivity index (χ2v) is 21.6. The number of likely N-dealkylation sites (N-methyl/N-ethyl adjacent to an activating group) is 1. The lowest BCUT2D eigenvalue weighted by Gasteiger charge is -2.44. The lowest BCUT2D eigenvalue weighted by molar-refractivity contribution is -0.926. The quantitative estimate of drug-likeness (QED) is 0.0283. The van der Waals surface area contributed by atoms with Gasteiger partial charge in [0, 0.05) is 85.5 Å². The van der Waals surface area contributed by atoms with E-state index < -0.39 is 65.0 Å². The zero-order valence-corrected chi connectivity index (χ0v) is 42.6. The Kier molecular flexibility index (Phi) is 22.2. The molecule has 13 atom stereocenters. The second-order valence-electron chi connectivity index (χ2n) is 20.0. The molecule has 0 spiro atoms. The lowest BCUT2D eigenvalue weighted by Crippen LogP contribution is -2.60. The van der Waals surface area contributed by atoms with Crippen LogP contribution >= 0.6 is 23.4 Å². The molecule has 4 rings (SSSR count). The first kappa shape index (κ1) is 56.9. The fraction of sp³-hybridized carbons (Fsp3) is 0.735. The number of thioether (sulfide) groups is 1. The Morgan fingerprint density at radius 3 is 2.26 bits per heavy atom. The zero-order chi connectivity index (χ0) is 50.5. The number of primary amides is 1. The maximum Gasteiger partial charge on any atom is 0.312 e. The van der Waals surface area contributed by atoms with E-state index in [1.807, 2.05) is 26.0 Å². The number of aliphatic hydroxyl groups excluding tert-OH is 3. The SMILES string of the molecule is CCC[C@@H]1C[C@@H](C(=O)C[C@@H]([C@H]2O[C@H](SC)[C@H](O)[C@@H](O)[C@H]2O)[C@H](C)Cl)[N+](C)(Cc2ccc(NC(=O)[C@H](CCCNC(N)=O)CC(=O)[C@@H](NC(=O)CCCCCN3C(=O)CC(C)C3=O)C(C)C)cc2)C1. The molecule has 68 heavy (non-hydrogen) atoms. The number of ether oxygens (including phenoxy) is 1. The van der Waals surface area contributed by atoms with Gasteiger partial charge in [0.2, 0.25) is 23.6 Å². The van der Waals surface area contributed by atoms with E-state index in [0.717, 1.165) is 24.9 Å². The number of carbonyl (C=O) groups is 7. The largest absolute Gasteiger partial charge is 0.388 e. The number of benzene rings is 1. The summed E-state index contributed by atoms with van der Waals surface area (Å²) in [5.74, 6) is -3.00. The topological polar surface area (TPSA) is 255 Å². The minimum absolute atomic E-state index is 0.00664. The number of hydrogen-bond donors (Lipinski definition) is 7. The van der Waals surface area contributed by atoms with Gasteiger partial charge in [0.15, 0.2) is 11.6 Å².